The van der Waals surface area contributed by atoms with Crippen LogP contribution in [-0.4, -0.2) is 68.8 Å². The number of nitrogens with one attached hydrogen (secondary N) is 2. The fourth-order valence-electron chi connectivity index (χ4n) is 5.00. The summed E-state index contributed by atoms with van der Waals surface area (Å²) in [5, 5.41) is 27.8. The number of aliphatic hydroxyl groups excluding tert-OH is 1. The van der Waals surface area contributed by atoms with Crippen LogP contribution in [0.3, 0.4) is 0 Å². The van der Waals surface area contributed by atoms with Gasteiger partial charge in [0.1, 0.15) is 5.66 Å². The van der Waals surface area contributed by atoms with E-state index in [0.29, 0.717) is 10.6 Å². The number of fused-ring (bicyclic) bond motifs is 1. The number of carbonyl (C=O) groups is 4. The van der Waals surface area contributed by atoms with Crippen molar-refractivity contribution in [2.75, 3.05) is 0 Å². The zero-order chi connectivity index (χ0) is 27.6. The second-order valence-electron chi connectivity index (χ2n) is 10.0. The van der Waals surface area contributed by atoms with Gasteiger partial charge in [0.15, 0.2) is 11.9 Å². The van der Waals surface area contributed by atoms with Crippen molar-refractivity contribution in [2.24, 2.45) is 5.92 Å². The maximum absolute atomic E-state index is 13.7. The molecule has 38 heavy (non-hydrogen) atoms. The first-order valence-corrected chi connectivity index (χ1v) is 12.7. The quantitative estimate of drug-likeness (QED) is 0.507. The summed E-state index contributed by atoms with van der Waals surface area (Å²) in [7, 11) is 0. The van der Waals surface area contributed by atoms with Crippen molar-refractivity contribution in [3.63, 3.8) is 0 Å². The van der Waals surface area contributed by atoms with E-state index in [2.05, 4.69) is 10.3 Å². The number of hydrogen-bond donors (Lipinski definition) is 3. The molecule has 1 fully saturated rings. The van der Waals surface area contributed by atoms with Crippen LogP contribution in [0.4, 0.5) is 0 Å². The maximum Gasteiger partial charge on any atom is 0.331 e. The highest BCUT2D eigenvalue weighted by Crippen LogP contribution is 2.38. The number of H-pyrrole nitrogens is 1. The van der Waals surface area contributed by atoms with E-state index in [9.17, 15) is 29.5 Å². The standard InChI is InChI=1S/C27H32N3O8/c1-15-8-9-19(31)10-11-24(33)38-17(3)23(32)12-21(26(35)37-15)27(29-25(34)16(2)30(27)36)13-18-14-28-22-7-5-4-6-20(18)22/h4-7,10-11,14-17,19,21,28,31H,8-9,12-13H2,1-3H3,(H,29,34)/q-1. The van der Waals surface area contributed by atoms with Gasteiger partial charge in [0.25, 0.3) is 0 Å². The Hall–Kier alpha value is -3.54. The molecule has 1 saturated heterocycles. The second-order valence-corrected chi connectivity index (χ2v) is 10.0. The van der Waals surface area contributed by atoms with Crippen LogP contribution in [0.1, 0.15) is 45.6 Å². The molecule has 0 saturated carbocycles. The molecule has 11 heteroatoms. The van der Waals surface area contributed by atoms with E-state index in [1.54, 1.807) is 13.1 Å². The van der Waals surface area contributed by atoms with Gasteiger partial charge in [-0.1, -0.05) is 18.2 Å². The highest BCUT2D eigenvalue weighted by atomic mass is 16.6. The molecule has 204 valence electrons. The lowest BCUT2D eigenvalue weighted by Crippen LogP contribution is -2.61. The minimum Gasteiger partial charge on any atom is -0.783 e. The predicted molar refractivity (Wildman–Crippen MR) is 136 cm³/mol. The van der Waals surface area contributed by atoms with Gasteiger partial charge < -0.3 is 35.2 Å². The normalized spacial score (nSPS) is 32.1. The van der Waals surface area contributed by atoms with E-state index in [-0.39, 0.29) is 19.3 Å². The molecule has 4 rings (SSSR count). The van der Waals surface area contributed by atoms with E-state index in [4.69, 9.17) is 9.47 Å². The molecule has 1 aromatic heterocycles. The molecule has 0 radical (unpaired) electrons. The zero-order valence-electron chi connectivity index (χ0n) is 21.5. The number of aromatic nitrogens is 1. The van der Waals surface area contributed by atoms with Crippen LogP contribution in [0.25, 0.3) is 10.9 Å². The predicted octanol–water partition coefficient (Wildman–Crippen LogP) is 1.87. The molecule has 0 bridgehead atoms. The zero-order valence-corrected chi connectivity index (χ0v) is 21.5. The Kier molecular flexibility index (Phi) is 8.00. The molecular formula is C27H32N3O8-. The number of nitrogens with zero attached hydrogens (tertiary/aromatic N) is 1. The van der Waals surface area contributed by atoms with Crippen LogP contribution in [0.15, 0.2) is 42.6 Å². The van der Waals surface area contributed by atoms with Gasteiger partial charge in [-0.15, -0.1) is 0 Å². The first-order chi connectivity index (χ1) is 18.0. The van der Waals surface area contributed by atoms with Gasteiger partial charge >= 0.3 is 11.9 Å². The van der Waals surface area contributed by atoms with Crippen LogP contribution in [0, 0.1) is 11.1 Å². The average Bonchev–Trinajstić information content (AvgIpc) is 3.38. The van der Waals surface area contributed by atoms with Crippen molar-refractivity contribution in [3.05, 3.63) is 53.4 Å². The van der Waals surface area contributed by atoms with Crippen molar-refractivity contribution in [2.45, 2.75) is 76.5 Å². The second kappa shape index (κ2) is 11.1. The number of amides is 1. The number of hydrogen-bond acceptors (Lipinski definition) is 9. The summed E-state index contributed by atoms with van der Waals surface area (Å²) in [6.45, 7) is 4.42. The first-order valence-electron chi connectivity index (χ1n) is 12.7. The summed E-state index contributed by atoms with van der Waals surface area (Å²) < 4.78 is 10.8. The number of rotatable bonds is 3. The van der Waals surface area contributed by atoms with Crippen molar-refractivity contribution in [3.8, 4) is 0 Å². The number of carbonyl (C=O) groups excluding carboxylic acids is 4. The van der Waals surface area contributed by atoms with Crippen molar-refractivity contribution in [1.82, 2.24) is 15.4 Å². The number of para-hydroxylation sites is 1. The van der Waals surface area contributed by atoms with E-state index < -0.39 is 66.0 Å². The topological polar surface area (TPSA) is 161 Å². The average molecular weight is 527 g/mol. The maximum atomic E-state index is 13.7. The molecule has 6 atom stereocenters. The monoisotopic (exact) mass is 526 g/mol. The van der Waals surface area contributed by atoms with Crippen LogP contribution in [0.5, 0.6) is 0 Å². The van der Waals surface area contributed by atoms with Gasteiger partial charge in [-0.2, -0.15) is 0 Å². The number of Topliss-reactive ketones (excluding diaryl/α,β-unsaturated/α-hetero) is 1. The van der Waals surface area contributed by atoms with Crippen LogP contribution < -0.4 is 5.32 Å². The number of benzene rings is 1. The molecule has 1 amide bonds. The van der Waals surface area contributed by atoms with Gasteiger partial charge in [-0.25, -0.2) is 4.79 Å². The summed E-state index contributed by atoms with van der Waals surface area (Å²) in [4.78, 5) is 55.0. The Morgan fingerprint density at radius 2 is 1.84 bits per heavy atom. The lowest BCUT2D eigenvalue weighted by Gasteiger charge is -2.48. The number of aromatic amines is 1. The van der Waals surface area contributed by atoms with Crippen molar-refractivity contribution in [1.29, 1.82) is 0 Å². The summed E-state index contributed by atoms with van der Waals surface area (Å²) >= 11 is 0. The highest BCUT2D eigenvalue weighted by molar-refractivity contribution is 5.93. The molecule has 6 unspecified atom stereocenters. The fourth-order valence-corrected chi connectivity index (χ4v) is 5.00. The summed E-state index contributed by atoms with van der Waals surface area (Å²) in [6, 6.07) is 6.27. The van der Waals surface area contributed by atoms with Crippen LogP contribution in [-0.2, 0) is 35.1 Å². The number of aliphatic hydroxyl groups is 1. The lowest BCUT2D eigenvalue weighted by molar-refractivity contribution is -0.163. The van der Waals surface area contributed by atoms with E-state index in [0.717, 1.165) is 17.0 Å². The third-order valence-electron chi connectivity index (χ3n) is 7.25. The van der Waals surface area contributed by atoms with Crippen LogP contribution >= 0.6 is 0 Å². The summed E-state index contributed by atoms with van der Waals surface area (Å²) in [6.07, 6.45) is 0.931. The molecule has 1 aromatic carbocycles. The van der Waals surface area contributed by atoms with Gasteiger partial charge in [-0.05, 0) is 51.3 Å². The minimum absolute atomic E-state index is 0.0896. The third-order valence-corrected chi connectivity index (χ3v) is 7.25. The molecule has 3 heterocycles. The van der Waals surface area contributed by atoms with Gasteiger partial charge in [0, 0.05) is 36.0 Å². The Labute approximate surface area is 219 Å². The van der Waals surface area contributed by atoms with Crippen LogP contribution in [0.2, 0.25) is 0 Å². The molecule has 0 aliphatic carbocycles. The van der Waals surface area contributed by atoms with Crippen molar-refractivity contribution >= 4 is 34.5 Å². The molecule has 2 aliphatic heterocycles. The summed E-state index contributed by atoms with van der Waals surface area (Å²) in [5.41, 5.74) is -0.372. The highest BCUT2D eigenvalue weighted by Gasteiger charge is 2.54. The molecule has 3 N–H and O–H groups in total. The Bertz CT molecular complexity index is 1260. The number of esters is 2. The van der Waals surface area contributed by atoms with E-state index in [1.165, 1.54) is 19.9 Å². The molecule has 11 nitrogen and oxygen atoms in total. The SMILES string of the molecule is CC1CCC(O)C=CC(=O)OC(C)C(=O)CC(C2(Cc3c[nH]c4ccccc34)NC(=O)C(C)N2[O-])C(=O)O1. The largest absolute Gasteiger partial charge is 0.783 e. The van der Waals surface area contributed by atoms with Gasteiger partial charge in [-0.3, -0.25) is 14.4 Å². The first kappa shape index (κ1) is 27.5. The number of hydroxylamine groups is 2. The Morgan fingerprint density at radius 3 is 2.55 bits per heavy atom. The third kappa shape index (κ3) is 5.50. The minimum atomic E-state index is -1.84. The number of ketones is 1. The lowest BCUT2D eigenvalue weighted by atomic mass is 9.82. The fraction of sp³-hybridized carbons (Fsp3) is 0.481. The van der Waals surface area contributed by atoms with Crippen molar-refractivity contribution < 1.29 is 33.8 Å². The van der Waals surface area contributed by atoms with Gasteiger partial charge in [0.2, 0.25) is 5.91 Å². The summed E-state index contributed by atoms with van der Waals surface area (Å²) in [5.74, 6) is -4.29. The molecule has 0 spiro atoms. The Morgan fingerprint density at radius 1 is 1.11 bits per heavy atom. The molecule has 2 aromatic rings. The van der Waals surface area contributed by atoms with E-state index in [1.807, 2.05) is 24.3 Å². The molecule has 2 aliphatic rings. The number of cyclic esters (lactones) is 2. The smallest absolute Gasteiger partial charge is 0.331 e. The number of ether oxygens (including phenoxy) is 2. The van der Waals surface area contributed by atoms with E-state index >= 15 is 0 Å². The van der Waals surface area contributed by atoms with Gasteiger partial charge in [0.05, 0.1) is 24.2 Å². The molecular weight excluding hydrogens is 494 g/mol. The Balaban J connectivity index is 1.77.